The Labute approximate surface area is 294 Å². The molecule has 0 unspecified atom stereocenters. The van der Waals surface area contributed by atoms with E-state index in [9.17, 15) is 27.9 Å². The number of aliphatic hydroxyl groups is 1. The first-order valence-electron chi connectivity index (χ1n) is 16.3. The normalized spacial score (nSPS) is 15.7. The fourth-order valence-electron chi connectivity index (χ4n) is 5.88. The lowest BCUT2D eigenvalue weighted by atomic mass is 9.97. The van der Waals surface area contributed by atoms with Gasteiger partial charge in [0.05, 0.1) is 34.3 Å². The first-order valence-corrected chi connectivity index (χ1v) is 18.1. The lowest BCUT2D eigenvalue weighted by Crippen LogP contribution is -2.57. The Kier molecular flexibility index (Phi) is 12.5. The van der Waals surface area contributed by atoms with Gasteiger partial charge in [0.15, 0.2) is 0 Å². The van der Waals surface area contributed by atoms with Crippen molar-refractivity contribution in [2.24, 2.45) is 11.8 Å². The van der Waals surface area contributed by atoms with Crippen LogP contribution in [0.15, 0.2) is 77.7 Å². The zero-order valence-electron chi connectivity index (χ0n) is 28.5. The molecule has 13 heteroatoms. The number of carbonyl (C=O) groups is 3. The smallest absolute Gasteiger partial charge is 0.328 e. The molecule has 3 aromatic carbocycles. The lowest BCUT2D eigenvalue weighted by Gasteiger charge is -2.34. The van der Waals surface area contributed by atoms with Crippen molar-refractivity contribution in [1.29, 1.82) is 0 Å². The highest BCUT2D eigenvalue weighted by Gasteiger charge is 2.44. The first kappa shape index (κ1) is 37.8. The van der Waals surface area contributed by atoms with Gasteiger partial charge < -0.3 is 21.1 Å². The molecule has 264 valence electrons. The van der Waals surface area contributed by atoms with Gasteiger partial charge >= 0.3 is 6.03 Å². The average molecular weight is 712 g/mol. The maximum absolute atomic E-state index is 14.1. The second-order valence-corrected chi connectivity index (χ2v) is 15.7. The number of nitrogen functional groups attached to an aromatic ring is 1. The summed E-state index contributed by atoms with van der Waals surface area (Å²) in [4.78, 5) is 43.1. The minimum atomic E-state index is -4.13. The van der Waals surface area contributed by atoms with Gasteiger partial charge in [0.2, 0.25) is 15.9 Å². The molecule has 0 saturated carbocycles. The third-order valence-electron chi connectivity index (χ3n) is 8.44. The Hall–Kier alpha value is -3.97. The van der Waals surface area contributed by atoms with Gasteiger partial charge in [-0.15, -0.1) is 0 Å². The van der Waals surface area contributed by atoms with Crippen LogP contribution in [0.25, 0.3) is 0 Å². The van der Waals surface area contributed by atoms with Crippen LogP contribution >= 0.6 is 11.6 Å². The Bertz CT molecular complexity index is 1740. The molecule has 49 heavy (non-hydrogen) atoms. The topological polar surface area (TPSA) is 153 Å². The van der Waals surface area contributed by atoms with Crippen LogP contribution in [-0.2, 0) is 32.6 Å². The summed E-state index contributed by atoms with van der Waals surface area (Å²) in [5.41, 5.74) is 8.66. The van der Waals surface area contributed by atoms with Gasteiger partial charge in [-0.1, -0.05) is 99.5 Å². The molecule has 1 aliphatic rings. The number of benzene rings is 3. The van der Waals surface area contributed by atoms with E-state index in [1.165, 1.54) is 27.4 Å². The minimum absolute atomic E-state index is 0.0711. The molecule has 11 nitrogen and oxygen atoms in total. The quantitative estimate of drug-likeness (QED) is 0.156. The Morgan fingerprint density at radius 3 is 2.22 bits per heavy atom. The van der Waals surface area contributed by atoms with Crippen molar-refractivity contribution in [3.63, 3.8) is 0 Å². The number of urea groups is 1. The van der Waals surface area contributed by atoms with Crippen LogP contribution in [0.5, 0.6) is 0 Å². The number of amides is 4. The summed E-state index contributed by atoms with van der Waals surface area (Å²) in [5.74, 6) is -1.46. The van der Waals surface area contributed by atoms with Gasteiger partial charge in [-0.2, -0.15) is 4.31 Å². The van der Waals surface area contributed by atoms with Crippen molar-refractivity contribution in [1.82, 2.24) is 19.4 Å². The summed E-state index contributed by atoms with van der Waals surface area (Å²) < 4.78 is 28.9. The SMILES string of the molecule is Cc1ccc(CN2C(=O)CN([C@H](C(=O)N[C@@H](Cc3ccccc3)[C@@H](O)CN(CC(C)C)S(=O)(=O)c3ccc(Cl)c(N)c3)C(C)C)C2=O)cc1. The summed E-state index contributed by atoms with van der Waals surface area (Å²) in [7, 11) is -4.13. The number of halogens is 1. The molecule has 3 aromatic rings. The number of aliphatic hydroxyl groups excluding tert-OH is 1. The number of hydrogen-bond donors (Lipinski definition) is 3. The van der Waals surface area contributed by atoms with Gasteiger partial charge in [-0.05, 0) is 54.5 Å². The molecule has 0 spiro atoms. The van der Waals surface area contributed by atoms with Crippen molar-refractivity contribution in [3.8, 4) is 0 Å². The molecular formula is C36H46ClN5O6S. The molecule has 0 aliphatic carbocycles. The molecule has 1 fully saturated rings. The number of hydrogen-bond acceptors (Lipinski definition) is 7. The molecule has 0 aromatic heterocycles. The Balaban J connectivity index is 1.60. The Morgan fingerprint density at radius 2 is 1.63 bits per heavy atom. The van der Waals surface area contributed by atoms with Gasteiger partial charge in [0.25, 0.3) is 5.91 Å². The summed E-state index contributed by atoms with van der Waals surface area (Å²) in [6.45, 7) is 8.79. The molecule has 4 N–H and O–H groups in total. The van der Waals surface area contributed by atoms with Crippen molar-refractivity contribution in [2.45, 2.75) is 70.7 Å². The van der Waals surface area contributed by atoms with Crippen LogP contribution in [0.2, 0.25) is 5.02 Å². The van der Waals surface area contributed by atoms with E-state index in [4.69, 9.17) is 17.3 Å². The summed E-state index contributed by atoms with van der Waals surface area (Å²) >= 11 is 6.05. The number of imide groups is 1. The molecule has 3 atom stereocenters. The number of nitrogens with zero attached hydrogens (tertiary/aromatic N) is 3. The summed E-state index contributed by atoms with van der Waals surface area (Å²) in [5, 5.41) is 14.9. The second-order valence-electron chi connectivity index (χ2n) is 13.3. The van der Waals surface area contributed by atoms with E-state index in [1.54, 1.807) is 13.8 Å². The molecule has 0 radical (unpaired) electrons. The number of carbonyl (C=O) groups excluding carboxylic acids is 3. The number of rotatable bonds is 15. The van der Waals surface area contributed by atoms with E-state index in [2.05, 4.69) is 5.32 Å². The summed E-state index contributed by atoms with van der Waals surface area (Å²) in [6.07, 6.45) is -1.18. The van der Waals surface area contributed by atoms with E-state index in [0.717, 1.165) is 21.6 Å². The van der Waals surface area contributed by atoms with Crippen LogP contribution in [0.4, 0.5) is 10.5 Å². The number of sulfonamides is 1. The van der Waals surface area contributed by atoms with E-state index >= 15 is 0 Å². The number of nitrogens with one attached hydrogen (secondary N) is 1. The standard InChI is InChI=1S/C36H46ClN5O6S/c1-23(2)19-40(49(47,48)28-15-16-29(37)30(38)18-28)21-32(43)31(17-26-9-7-6-8-10-26)39-35(45)34(24(3)4)42-22-33(44)41(36(42)46)20-27-13-11-25(5)12-14-27/h6-16,18,23-24,31-32,34,43H,17,19-22,38H2,1-5H3,(H,39,45)/t31-,32-,34-/m0/s1. The third-order valence-corrected chi connectivity index (χ3v) is 10.6. The second kappa shape index (κ2) is 16.2. The van der Waals surface area contributed by atoms with Gasteiger partial charge in [0.1, 0.15) is 12.6 Å². The average Bonchev–Trinajstić information content (AvgIpc) is 3.30. The van der Waals surface area contributed by atoms with Crippen molar-refractivity contribution < 1.29 is 27.9 Å². The number of nitrogens with two attached hydrogens (primary N) is 1. The van der Waals surface area contributed by atoms with Crippen molar-refractivity contribution in [3.05, 3.63) is 94.5 Å². The van der Waals surface area contributed by atoms with Crippen LogP contribution in [0, 0.1) is 18.8 Å². The van der Waals surface area contributed by atoms with E-state index in [0.29, 0.717) is 0 Å². The molecular weight excluding hydrogens is 666 g/mol. The largest absolute Gasteiger partial charge is 0.397 e. The fourth-order valence-corrected chi connectivity index (χ4v) is 7.65. The highest BCUT2D eigenvalue weighted by molar-refractivity contribution is 7.89. The predicted octanol–water partition coefficient (Wildman–Crippen LogP) is 4.45. The molecule has 1 heterocycles. The van der Waals surface area contributed by atoms with Crippen LogP contribution in [0.3, 0.4) is 0 Å². The fraction of sp³-hybridized carbons (Fsp3) is 0.417. The predicted molar refractivity (Wildman–Crippen MR) is 190 cm³/mol. The maximum atomic E-state index is 14.1. The lowest BCUT2D eigenvalue weighted by molar-refractivity contribution is -0.129. The van der Waals surface area contributed by atoms with Crippen molar-refractivity contribution >= 4 is 45.2 Å². The molecule has 0 bridgehead atoms. The zero-order chi connectivity index (χ0) is 36.0. The van der Waals surface area contributed by atoms with Gasteiger partial charge in [0, 0.05) is 13.1 Å². The first-order chi connectivity index (χ1) is 23.1. The minimum Gasteiger partial charge on any atom is -0.397 e. The monoisotopic (exact) mass is 711 g/mol. The third kappa shape index (κ3) is 9.39. The zero-order valence-corrected chi connectivity index (χ0v) is 30.1. The van der Waals surface area contributed by atoms with Crippen molar-refractivity contribution in [2.75, 3.05) is 25.4 Å². The molecule has 1 aliphatic heterocycles. The molecule has 1 saturated heterocycles. The highest BCUT2D eigenvalue weighted by atomic mass is 35.5. The van der Waals surface area contributed by atoms with Gasteiger partial charge in [-0.25, -0.2) is 13.2 Å². The highest BCUT2D eigenvalue weighted by Crippen LogP contribution is 2.26. The summed E-state index contributed by atoms with van der Waals surface area (Å²) in [6, 6.07) is 18.2. The number of aryl methyl sites for hydroxylation is 1. The van der Waals surface area contributed by atoms with Crippen LogP contribution < -0.4 is 11.1 Å². The van der Waals surface area contributed by atoms with Crippen LogP contribution in [0.1, 0.15) is 44.4 Å². The van der Waals surface area contributed by atoms with E-state index in [-0.39, 0.29) is 54.1 Å². The van der Waals surface area contributed by atoms with E-state index in [1.807, 2.05) is 75.4 Å². The van der Waals surface area contributed by atoms with E-state index < -0.39 is 52.0 Å². The van der Waals surface area contributed by atoms with Crippen LogP contribution in [-0.4, -0.2) is 83.3 Å². The van der Waals surface area contributed by atoms with Gasteiger partial charge in [-0.3, -0.25) is 14.5 Å². The Morgan fingerprint density at radius 1 is 0.980 bits per heavy atom. The molecule has 4 rings (SSSR count). The molecule has 4 amide bonds. The number of anilines is 1. The maximum Gasteiger partial charge on any atom is 0.328 e.